The molecule has 1 aliphatic rings. The van der Waals surface area contributed by atoms with E-state index in [1.54, 1.807) is 12.1 Å². The molecular formula is C8H10N2O. The second kappa shape index (κ2) is 2.51. The van der Waals surface area contributed by atoms with Gasteiger partial charge in [0.2, 0.25) is 0 Å². The van der Waals surface area contributed by atoms with Crippen LogP contribution >= 0.6 is 0 Å². The van der Waals surface area contributed by atoms with Crippen LogP contribution in [0.2, 0.25) is 0 Å². The molecule has 2 rings (SSSR count). The lowest BCUT2D eigenvalue weighted by Gasteiger charge is -2.18. The first-order valence-electron chi connectivity index (χ1n) is 3.77. The molecule has 3 nitrogen and oxygen atoms in total. The van der Waals surface area contributed by atoms with Crippen molar-refractivity contribution in [3.8, 4) is 0 Å². The van der Waals surface area contributed by atoms with Gasteiger partial charge < -0.3 is 9.88 Å². The van der Waals surface area contributed by atoms with Crippen LogP contribution in [0, 0.1) is 0 Å². The normalized spacial score (nSPS) is 16.0. The molecule has 1 N–H and O–H groups in total. The van der Waals surface area contributed by atoms with Gasteiger partial charge in [0.25, 0.3) is 5.56 Å². The first-order valence-corrected chi connectivity index (χ1v) is 3.77. The fourth-order valence-electron chi connectivity index (χ4n) is 1.38. The minimum Gasteiger partial charge on any atom is -0.310 e. The molecule has 0 radical (unpaired) electrons. The standard InChI is InChI=1S/C8H10N2O/c11-8-3-1-2-7-6-9-4-5-10(7)8/h1-3,9H,4-6H2. The molecule has 1 aliphatic heterocycles. The molecule has 0 atom stereocenters. The van der Waals surface area contributed by atoms with E-state index in [9.17, 15) is 4.79 Å². The van der Waals surface area contributed by atoms with Crippen LogP contribution in [0.5, 0.6) is 0 Å². The predicted octanol–water partition coefficient (Wildman–Crippen LogP) is -0.0485. The third-order valence-electron chi connectivity index (χ3n) is 1.96. The Kier molecular flexibility index (Phi) is 1.51. The Morgan fingerprint density at radius 3 is 3.18 bits per heavy atom. The van der Waals surface area contributed by atoms with Crippen LogP contribution in [0.15, 0.2) is 23.0 Å². The number of hydrogen-bond donors (Lipinski definition) is 1. The number of nitrogens with zero attached hydrogens (tertiary/aromatic N) is 1. The third-order valence-corrected chi connectivity index (χ3v) is 1.96. The summed E-state index contributed by atoms with van der Waals surface area (Å²) in [7, 11) is 0. The van der Waals surface area contributed by atoms with Gasteiger partial charge in [-0.2, -0.15) is 0 Å². The lowest BCUT2D eigenvalue weighted by molar-refractivity contribution is 0.499. The summed E-state index contributed by atoms with van der Waals surface area (Å²) in [6.45, 7) is 2.52. The Bertz CT molecular complexity index is 316. The Morgan fingerprint density at radius 2 is 2.36 bits per heavy atom. The molecule has 0 spiro atoms. The summed E-state index contributed by atoms with van der Waals surface area (Å²) in [6, 6.07) is 5.39. The van der Waals surface area contributed by atoms with Gasteiger partial charge in [-0.3, -0.25) is 4.79 Å². The molecule has 0 saturated carbocycles. The maximum absolute atomic E-state index is 11.2. The summed E-state index contributed by atoms with van der Waals surface area (Å²) in [6.07, 6.45) is 0. The van der Waals surface area contributed by atoms with Crippen molar-refractivity contribution in [2.75, 3.05) is 6.54 Å². The van der Waals surface area contributed by atoms with Crippen molar-refractivity contribution in [3.63, 3.8) is 0 Å². The van der Waals surface area contributed by atoms with E-state index in [1.165, 1.54) is 0 Å². The monoisotopic (exact) mass is 150 g/mol. The average Bonchev–Trinajstić information content (AvgIpc) is 2.06. The molecule has 0 fully saturated rings. The first kappa shape index (κ1) is 6.61. The summed E-state index contributed by atoms with van der Waals surface area (Å²) in [5, 5.41) is 3.21. The Morgan fingerprint density at radius 1 is 1.45 bits per heavy atom. The molecule has 0 bridgehead atoms. The van der Waals surface area contributed by atoms with Gasteiger partial charge in [0, 0.05) is 31.4 Å². The molecule has 0 amide bonds. The zero-order valence-electron chi connectivity index (χ0n) is 6.21. The summed E-state index contributed by atoms with van der Waals surface area (Å²) in [5.41, 5.74) is 1.20. The molecule has 0 aliphatic carbocycles. The van der Waals surface area contributed by atoms with Crippen molar-refractivity contribution in [3.05, 3.63) is 34.2 Å². The van der Waals surface area contributed by atoms with Gasteiger partial charge in [0.1, 0.15) is 0 Å². The summed E-state index contributed by atoms with van der Waals surface area (Å²) >= 11 is 0. The predicted molar refractivity (Wildman–Crippen MR) is 42.4 cm³/mol. The van der Waals surface area contributed by atoms with Gasteiger partial charge >= 0.3 is 0 Å². The highest BCUT2D eigenvalue weighted by atomic mass is 16.1. The number of hydrogen-bond acceptors (Lipinski definition) is 2. The van der Waals surface area contributed by atoms with E-state index in [0.717, 1.165) is 25.3 Å². The van der Waals surface area contributed by atoms with Gasteiger partial charge in [-0.25, -0.2) is 0 Å². The minimum absolute atomic E-state index is 0.115. The van der Waals surface area contributed by atoms with Crippen LogP contribution < -0.4 is 10.9 Å². The van der Waals surface area contributed by atoms with Gasteiger partial charge in [-0.15, -0.1) is 0 Å². The number of aromatic nitrogens is 1. The van der Waals surface area contributed by atoms with Crippen LogP contribution in [0.4, 0.5) is 0 Å². The van der Waals surface area contributed by atoms with Crippen molar-refractivity contribution >= 4 is 0 Å². The maximum atomic E-state index is 11.2. The molecule has 3 heteroatoms. The highest BCUT2D eigenvalue weighted by molar-refractivity contribution is 5.07. The summed E-state index contributed by atoms with van der Waals surface area (Å²) < 4.78 is 1.82. The van der Waals surface area contributed by atoms with E-state index in [0.29, 0.717) is 0 Å². The SMILES string of the molecule is O=c1cccc2n1CCNC2. The van der Waals surface area contributed by atoms with Crippen molar-refractivity contribution < 1.29 is 0 Å². The average molecular weight is 150 g/mol. The molecule has 1 aromatic heterocycles. The number of pyridine rings is 1. The summed E-state index contributed by atoms with van der Waals surface area (Å²) in [5.74, 6) is 0. The van der Waals surface area contributed by atoms with Crippen LogP contribution in [0.25, 0.3) is 0 Å². The number of fused-ring (bicyclic) bond motifs is 1. The van der Waals surface area contributed by atoms with E-state index in [1.807, 2.05) is 10.6 Å². The summed E-state index contributed by atoms with van der Waals surface area (Å²) in [4.78, 5) is 11.2. The molecule has 58 valence electrons. The van der Waals surface area contributed by atoms with Gasteiger partial charge in [0.15, 0.2) is 0 Å². The Hall–Kier alpha value is -1.09. The first-order chi connectivity index (χ1) is 5.38. The fourth-order valence-corrected chi connectivity index (χ4v) is 1.38. The maximum Gasteiger partial charge on any atom is 0.250 e. The van der Waals surface area contributed by atoms with Crippen LogP contribution in [-0.4, -0.2) is 11.1 Å². The molecule has 2 heterocycles. The van der Waals surface area contributed by atoms with E-state index in [-0.39, 0.29) is 5.56 Å². The van der Waals surface area contributed by atoms with Crippen molar-refractivity contribution in [2.45, 2.75) is 13.1 Å². The lowest BCUT2D eigenvalue weighted by atomic mass is 10.3. The molecule has 0 saturated heterocycles. The van der Waals surface area contributed by atoms with E-state index in [2.05, 4.69) is 5.32 Å². The van der Waals surface area contributed by atoms with Crippen molar-refractivity contribution in [1.82, 2.24) is 9.88 Å². The van der Waals surface area contributed by atoms with Gasteiger partial charge in [-0.05, 0) is 6.07 Å². The Labute approximate surface area is 64.7 Å². The highest BCUT2D eigenvalue weighted by Gasteiger charge is 2.06. The van der Waals surface area contributed by atoms with Crippen molar-refractivity contribution in [1.29, 1.82) is 0 Å². The molecule has 0 unspecified atom stereocenters. The number of rotatable bonds is 0. The fraction of sp³-hybridized carbons (Fsp3) is 0.375. The molecule has 11 heavy (non-hydrogen) atoms. The van der Waals surface area contributed by atoms with E-state index < -0.39 is 0 Å². The lowest BCUT2D eigenvalue weighted by Crippen LogP contribution is -2.35. The van der Waals surface area contributed by atoms with E-state index >= 15 is 0 Å². The zero-order valence-corrected chi connectivity index (χ0v) is 6.21. The third kappa shape index (κ3) is 1.07. The zero-order chi connectivity index (χ0) is 7.68. The second-order valence-electron chi connectivity index (χ2n) is 2.68. The minimum atomic E-state index is 0.115. The highest BCUT2D eigenvalue weighted by Crippen LogP contribution is 1.99. The van der Waals surface area contributed by atoms with Crippen LogP contribution in [-0.2, 0) is 13.1 Å². The van der Waals surface area contributed by atoms with Gasteiger partial charge in [-0.1, -0.05) is 6.07 Å². The van der Waals surface area contributed by atoms with Crippen molar-refractivity contribution in [2.24, 2.45) is 0 Å². The molecule has 1 aromatic rings. The number of nitrogens with one attached hydrogen (secondary N) is 1. The van der Waals surface area contributed by atoms with Crippen LogP contribution in [0.3, 0.4) is 0 Å². The smallest absolute Gasteiger partial charge is 0.250 e. The van der Waals surface area contributed by atoms with Gasteiger partial charge in [0.05, 0.1) is 0 Å². The quantitative estimate of drug-likeness (QED) is 0.562. The second-order valence-corrected chi connectivity index (χ2v) is 2.68. The largest absolute Gasteiger partial charge is 0.310 e. The Balaban J connectivity index is 2.58. The topological polar surface area (TPSA) is 34.0 Å². The van der Waals surface area contributed by atoms with E-state index in [4.69, 9.17) is 0 Å². The van der Waals surface area contributed by atoms with Crippen LogP contribution in [0.1, 0.15) is 5.69 Å². The molecular weight excluding hydrogens is 140 g/mol. The molecule has 0 aromatic carbocycles.